The predicted octanol–water partition coefficient (Wildman–Crippen LogP) is 0.0219. The maximum absolute atomic E-state index is 11.3. The molecule has 0 aliphatic heterocycles. The van der Waals surface area contributed by atoms with E-state index in [1.165, 1.54) is 13.2 Å². The Morgan fingerprint density at radius 2 is 2.33 bits per heavy atom. The molecular weight excluding hydrogens is 194 g/mol. The molecule has 0 spiro atoms. The number of nitrogens with zero attached hydrogens (tertiary/aromatic N) is 4. The van der Waals surface area contributed by atoms with Gasteiger partial charge in [0, 0.05) is 25.6 Å². The van der Waals surface area contributed by atoms with Crippen LogP contribution in [0.25, 0.3) is 5.82 Å². The molecule has 2 rings (SSSR count). The SMILES string of the molecule is CNC(=O)c1nccc(-n2ccnc2)n1. The smallest absolute Gasteiger partial charge is 0.288 e. The minimum absolute atomic E-state index is 0.142. The Labute approximate surface area is 86.0 Å². The molecule has 1 N–H and O–H groups in total. The zero-order valence-corrected chi connectivity index (χ0v) is 8.08. The van der Waals surface area contributed by atoms with Crippen LogP contribution in [0.4, 0.5) is 0 Å². The van der Waals surface area contributed by atoms with Crippen molar-refractivity contribution in [3.8, 4) is 5.82 Å². The molecule has 2 aromatic heterocycles. The van der Waals surface area contributed by atoms with Gasteiger partial charge in [-0.1, -0.05) is 0 Å². The van der Waals surface area contributed by atoms with Crippen LogP contribution in [0.2, 0.25) is 0 Å². The first kappa shape index (κ1) is 9.32. The number of carbonyl (C=O) groups is 1. The molecule has 0 aliphatic rings. The summed E-state index contributed by atoms with van der Waals surface area (Å²) in [5.74, 6) is 0.446. The van der Waals surface area contributed by atoms with E-state index in [4.69, 9.17) is 0 Å². The maximum atomic E-state index is 11.3. The van der Waals surface area contributed by atoms with Crippen molar-refractivity contribution in [1.29, 1.82) is 0 Å². The number of hydrogen-bond donors (Lipinski definition) is 1. The quantitative estimate of drug-likeness (QED) is 0.746. The summed E-state index contributed by atoms with van der Waals surface area (Å²) < 4.78 is 1.70. The number of nitrogens with one attached hydrogen (secondary N) is 1. The van der Waals surface area contributed by atoms with Crippen LogP contribution >= 0.6 is 0 Å². The fourth-order valence-electron chi connectivity index (χ4n) is 1.11. The summed E-state index contributed by atoms with van der Waals surface area (Å²) in [5, 5.41) is 2.46. The molecule has 2 aromatic rings. The second kappa shape index (κ2) is 3.87. The number of carbonyl (C=O) groups excluding carboxylic acids is 1. The van der Waals surface area contributed by atoms with E-state index in [1.807, 2.05) is 0 Å². The van der Waals surface area contributed by atoms with Gasteiger partial charge in [0.25, 0.3) is 5.91 Å². The third-order valence-electron chi connectivity index (χ3n) is 1.84. The Morgan fingerprint density at radius 3 is 3.00 bits per heavy atom. The standard InChI is InChI=1S/C9H9N5O/c1-10-9(15)8-12-3-2-7(13-8)14-5-4-11-6-14/h2-6H,1H3,(H,10,15). The number of hydrogen-bond acceptors (Lipinski definition) is 4. The molecular formula is C9H9N5O. The van der Waals surface area contributed by atoms with Gasteiger partial charge in [0.1, 0.15) is 12.1 Å². The molecule has 76 valence electrons. The first-order valence-corrected chi connectivity index (χ1v) is 4.34. The van der Waals surface area contributed by atoms with Crippen LogP contribution in [0.15, 0.2) is 31.0 Å². The van der Waals surface area contributed by atoms with Crippen molar-refractivity contribution in [1.82, 2.24) is 24.8 Å². The zero-order chi connectivity index (χ0) is 10.7. The topological polar surface area (TPSA) is 72.7 Å². The molecule has 2 heterocycles. The Kier molecular flexibility index (Phi) is 2.40. The molecule has 0 aliphatic carbocycles. The van der Waals surface area contributed by atoms with Crippen LogP contribution < -0.4 is 5.32 Å². The van der Waals surface area contributed by atoms with Gasteiger partial charge in [-0.15, -0.1) is 0 Å². The van der Waals surface area contributed by atoms with Crippen molar-refractivity contribution >= 4 is 5.91 Å². The number of amides is 1. The highest BCUT2D eigenvalue weighted by molar-refractivity contribution is 5.90. The van der Waals surface area contributed by atoms with E-state index in [0.29, 0.717) is 5.82 Å². The second-order valence-corrected chi connectivity index (χ2v) is 2.79. The summed E-state index contributed by atoms with van der Waals surface area (Å²) in [5.41, 5.74) is 0. The highest BCUT2D eigenvalue weighted by atomic mass is 16.2. The summed E-state index contributed by atoms with van der Waals surface area (Å²) in [6, 6.07) is 1.70. The summed E-state index contributed by atoms with van der Waals surface area (Å²) >= 11 is 0. The van der Waals surface area contributed by atoms with Crippen LogP contribution in [0.5, 0.6) is 0 Å². The molecule has 6 heteroatoms. The Morgan fingerprint density at radius 1 is 1.47 bits per heavy atom. The Balaban J connectivity index is 2.39. The zero-order valence-electron chi connectivity index (χ0n) is 8.08. The normalized spacial score (nSPS) is 9.93. The third kappa shape index (κ3) is 1.83. The highest BCUT2D eigenvalue weighted by Gasteiger charge is 2.07. The monoisotopic (exact) mass is 203 g/mol. The highest BCUT2D eigenvalue weighted by Crippen LogP contribution is 2.02. The third-order valence-corrected chi connectivity index (χ3v) is 1.84. The number of imidazole rings is 1. The minimum Gasteiger partial charge on any atom is -0.352 e. The summed E-state index contributed by atoms with van der Waals surface area (Å²) in [6.07, 6.45) is 6.53. The van der Waals surface area contributed by atoms with Crippen molar-refractivity contribution in [3.05, 3.63) is 36.8 Å². The largest absolute Gasteiger partial charge is 0.352 e. The van der Waals surface area contributed by atoms with E-state index in [9.17, 15) is 4.79 Å². The Hall–Kier alpha value is -2.24. The molecule has 0 atom stereocenters. The summed E-state index contributed by atoms with van der Waals surface area (Å²) in [6.45, 7) is 0. The molecule has 0 radical (unpaired) electrons. The van der Waals surface area contributed by atoms with Crippen molar-refractivity contribution in [3.63, 3.8) is 0 Å². The van der Waals surface area contributed by atoms with Crippen molar-refractivity contribution in [2.45, 2.75) is 0 Å². The van der Waals surface area contributed by atoms with Gasteiger partial charge in [-0.05, 0) is 6.07 Å². The fraction of sp³-hybridized carbons (Fsp3) is 0.111. The average Bonchev–Trinajstić information content (AvgIpc) is 2.82. The summed E-state index contributed by atoms with van der Waals surface area (Å²) in [4.78, 5) is 23.1. The van der Waals surface area contributed by atoms with Crippen LogP contribution in [0.1, 0.15) is 10.6 Å². The average molecular weight is 203 g/mol. The van der Waals surface area contributed by atoms with E-state index in [2.05, 4.69) is 20.3 Å². The van der Waals surface area contributed by atoms with Gasteiger partial charge in [0.05, 0.1) is 0 Å². The van der Waals surface area contributed by atoms with Gasteiger partial charge in [0.2, 0.25) is 5.82 Å². The maximum Gasteiger partial charge on any atom is 0.288 e. The first-order chi connectivity index (χ1) is 7.31. The number of rotatable bonds is 2. The lowest BCUT2D eigenvalue weighted by atomic mass is 10.5. The minimum atomic E-state index is -0.308. The molecule has 0 saturated heterocycles. The lowest BCUT2D eigenvalue weighted by molar-refractivity contribution is 0.0952. The van der Waals surface area contributed by atoms with E-state index < -0.39 is 0 Å². The second-order valence-electron chi connectivity index (χ2n) is 2.79. The van der Waals surface area contributed by atoms with Gasteiger partial charge in [0.15, 0.2) is 0 Å². The van der Waals surface area contributed by atoms with Crippen LogP contribution in [-0.2, 0) is 0 Å². The van der Waals surface area contributed by atoms with Gasteiger partial charge in [-0.2, -0.15) is 0 Å². The molecule has 0 fully saturated rings. The molecule has 0 bridgehead atoms. The van der Waals surface area contributed by atoms with Crippen molar-refractivity contribution < 1.29 is 4.79 Å². The van der Waals surface area contributed by atoms with E-state index >= 15 is 0 Å². The van der Waals surface area contributed by atoms with Gasteiger partial charge in [-0.25, -0.2) is 15.0 Å². The van der Waals surface area contributed by atoms with Crippen LogP contribution in [0.3, 0.4) is 0 Å². The van der Waals surface area contributed by atoms with Gasteiger partial charge >= 0.3 is 0 Å². The molecule has 0 saturated carbocycles. The van der Waals surface area contributed by atoms with Gasteiger partial charge in [-0.3, -0.25) is 9.36 Å². The molecule has 15 heavy (non-hydrogen) atoms. The van der Waals surface area contributed by atoms with Crippen molar-refractivity contribution in [2.75, 3.05) is 7.05 Å². The molecule has 0 unspecified atom stereocenters. The fourth-order valence-corrected chi connectivity index (χ4v) is 1.11. The van der Waals surface area contributed by atoms with Crippen molar-refractivity contribution in [2.24, 2.45) is 0 Å². The molecule has 6 nitrogen and oxygen atoms in total. The molecule has 0 aromatic carbocycles. The van der Waals surface area contributed by atoms with Gasteiger partial charge < -0.3 is 5.32 Å². The predicted molar refractivity (Wildman–Crippen MR) is 52.5 cm³/mol. The lowest BCUT2D eigenvalue weighted by Crippen LogP contribution is -2.21. The lowest BCUT2D eigenvalue weighted by Gasteiger charge is -2.02. The first-order valence-electron chi connectivity index (χ1n) is 4.34. The van der Waals surface area contributed by atoms with E-state index in [0.717, 1.165) is 0 Å². The molecule has 1 amide bonds. The van der Waals surface area contributed by atoms with Crippen LogP contribution in [0, 0.1) is 0 Å². The van der Waals surface area contributed by atoms with E-state index in [-0.39, 0.29) is 11.7 Å². The number of aromatic nitrogens is 4. The summed E-state index contributed by atoms with van der Waals surface area (Å²) in [7, 11) is 1.54. The van der Waals surface area contributed by atoms with E-state index in [1.54, 1.807) is 29.4 Å². The van der Waals surface area contributed by atoms with Crippen LogP contribution in [-0.4, -0.2) is 32.5 Å². The Bertz CT molecular complexity index is 465.